The number of aliphatic hydroxyl groups excluding tert-OH is 1. The summed E-state index contributed by atoms with van der Waals surface area (Å²) >= 11 is 0. The number of phosphoric ester groups is 2. The van der Waals surface area contributed by atoms with Crippen molar-refractivity contribution in [1.82, 2.24) is 21.3 Å². The number of carbonyl (C=O) groups excluding carboxylic acids is 7. The van der Waals surface area contributed by atoms with Gasteiger partial charge < -0.3 is 50.4 Å². The SMILES string of the molecule is CCCCCC/C=C\CCCC(=O)C[C@H](CCCCCCC)CCOCC(COP(=O)(O)OCCNC(=O)CC(=O)NCCOP(=O)(O)OCC(COCC[C@H](O)CCCCCCC)NC(=O)C[C@@H](CCCCCCC)OC(=O)CCC/C=C/CCCCCC)NC(=O)CC(=O)CCCCCCCCCCC. The number of unbranched alkanes of at least 4 members (excludes halogenated alkanes) is 30. The van der Waals surface area contributed by atoms with Crippen molar-refractivity contribution in [2.45, 2.75) is 387 Å². The molecule has 0 aromatic carbocycles. The maximum atomic E-state index is 13.7. The predicted octanol–water partition coefficient (Wildman–Crippen LogP) is 18.3. The summed E-state index contributed by atoms with van der Waals surface area (Å²) in [6.45, 7) is 10.4. The molecule has 626 valence electrons. The van der Waals surface area contributed by atoms with E-state index in [1.54, 1.807) is 0 Å². The number of amides is 4. The van der Waals surface area contributed by atoms with Crippen molar-refractivity contribution < 1.29 is 89.9 Å². The molecule has 0 heterocycles. The predicted molar refractivity (Wildman–Crippen MR) is 428 cm³/mol. The number of phosphoric acid groups is 2. The molecule has 0 aromatic rings. The van der Waals surface area contributed by atoms with Crippen LogP contribution < -0.4 is 21.3 Å². The number of aliphatic hydroxyl groups is 1. The molecule has 4 unspecified atom stereocenters. The first kappa shape index (κ1) is 103. The maximum absolute atomic E-state index is 13.7. The van der Waals surface area contributed by atoms with E-state index in [0.29, 0.717) is 51.4 Å². The van der Waals surface area contributed by atoms with Gasteiger partial charge in [-0.2, -0.15) is 0 Å². The topological polar surface area (TPSA) is 327 Å². The highest BCUT2D eigenvalue weighted by molar-refractivity contribution is 7.47. The van der Waals surface area contributed by atoms with Gasteiger partial charge in [0.1, 0.15) is 24.1 Å². The zero-order valence-corrected chi connectivity index (χ0v) is 69.7. The van der Waals surface area contributed by atoms with Crippen LogP contribution in [0.25, 0.3) is 0 Å². The molecule has 0 saturated carbocycles. The summed E-state index contributed by atoms with van der Waals surface area (Å²) in [6, 6.07) is -1.92. The monoisotopic (exact) mass is 1560 g/mol. The molecule has 0 aliphatic rings. The molecule has 7 atom stereocenters. The Labute approximate surface area is 648 Å². The molecule has 0 aliphatic carbocycles. The van der Waals surface area contributed by atoms with Crippen LogP contribution in [-0.2, 0) is 75.0 Å². The Morgan fingerprint density at radius 2 is 0.757 bits per heavy atom. The summed E-state index contributed by atoms with van der Waals surface area (Å²) in [4.78, 5) is 113. The van der Waals surface area contributed by atoms with E-state index in [0.717, 1.165) is 161 Å². The number of ketones is 2. The third-order valence-electron chi connectivity index (χ3n) is 18.7. The fraction of sp³-hybridized carbons (Fsp3) is 0.866. The first-order valence-corrected chi connectivity index (χ1v) is 45.4. The third-order valence-corrected chi connectivity index (χ3v) is 20.6. The van der Waals surface area contributed by atoms with Crippen molar-refractivity contribution in [3.63, 3.8) is 0 Å². The highest BCUT2D eigenvalue weighted by atomic mass is 31.2. The Bertz CT molecular complexity index is 2370. The lowest BCUT2D eigenvalue weighted by molar-refractivity contribution is -0.151. The molecule has 0 fully saturated rings. The van der Waals surface area contributed by atoms with Crippen molar-refractivity contribution in [3.8, 4) is 0 Å². The number of esters is 1. The Hall–Kier alpha value is -3.73. The van der Waals surface area contributed by atoms with E-state index >= 15 is 0 Å². The highest BCUT2D eigenvalue weighted by Gasteiger charge is 2.28. The van der Waals surface area contributed by atoms with Crippen molar-refractivity contribution in [3.05, 3.63) is 24.3 Å². The minimum Gasteiger partial charge on any atom is -0.462 e. The van der Waals surface area contributed by atoms with E-state index in [1.165, 1.54) is 77.0 Å². The second-order valence-corrected chi connectivity index (χ2v) is 32.1. The third kappa shape index (κ3) is 71.1. The lowest BCUT2D eigenvalue weighted by Gasteiger charge is -2.23. The number of allylic oxidation sites excluding steroid dienone is 4. The Morgan fingerprint density at radius 1 is 0.364 bits per heavy atom. The van der Waals surface area contributed by atoms with Crippen LogP contribution in [-0.4, -0.2) is 146 Å². The molecule has 107 heavy (non-hydrogen) atoms. The fourth-order valence-electron chi connectivity index (χ4n) is 12.3. The number of nitrogens with one attached hydrogen (secondary N) is 4. The largest absolute Gasteiger partial charge is 0.472 e. The fourth-order valence-corrected chi connectivity index (χ4v) is 13.8. The Balaban J connectivity index is 5.64. The zero-order chi connectivity index (χ0) is 79.0. The second kappa shape index (κ2) is 73.7. The van der Waals surface area contributed by atoms with E-state index < -0.39 is 96.4 Å². The number of ether oxygens (including phenoxy) is 3. The van der Waals surface area contributed by atoms with Gasteiger partial charge in [0.25, 0.3) is 0 Å². The van der Waals surface area contributed by atoms with Gasteiger partial charge in [0.15, 0.2) is 0 Å². The Kier molecular flexibility index (Phi) is 71.2. The van der Waals surface area contributed by atoms with E-state index in [4.69, 9.17) is 32.3 Å². The number of hydrogen-bond acceptors (Lipinski definition) is 17. The summed E-state index contributed by atoms with van der Waals surface area (Å²) in [6.07, 6.45) is 50.6. The van der Waals surface area contributed by atoms with Crippen molar-refractivity contribution in [2.24, 2.45) is 5.92 Å². The molecule has 0 spiro atoms. The van der Waals surface area contributed by atoms with Crippen LogP contribution in [0.1, 0.15) is 363 Å². The first-order valence-electron chi connectivity index (χ1n) is 42.4. The van der Waals surface area contributed by atoms with Crippen LogP contribution in [0.2, 0.25) is 0 Å². The molecule has 0 bridgehead atoms. The average molecular weight is 1560 g/mol. The van der Waals surface area contributed by atoms with Crippen LogP contribution in [0.15, 0.2) is 24.3 Å². The van der Waals surface area contributed by atoms with Crippen LogP contribution in [0, 0.1) is 5.92 Å². The van der Waals surface area contributed by atoms with Gasteiger partial charge in [0.05, 0.1) is 70.7 Å². The standard InChI is InChI=1S/C82H154N4O19P2/c1-7-13-19-25-28-31-34-40-45-51-75(88)63-71(49-43-37-22-16-10-4)55-59-99-67-72(85-80(92)64-76(89)52-46-41-35-32-29-26-20-14-8-2)69-103-106(95,96)101-61-57-83-78(90)66-79(91)84-58-62-102-107(97,98)104-70-73(68-100-60-56-74(87)50-44-38-23-17-11-5)86-81(93)65-77(53-47-39-24-18-12-6)105-82(94)54-48-42-36-33-30-27-21-15-9-3/h31,33-34,36,71-74,77,87H,7-30,32,35,37-70H2,1-6H3,(H,83,90)(H,84,91)(H,85,92)(H,86,93)(H,95,96)(H,97,98)/b34-31-,36-33+/t71-,72?,73?,74-,77-/m1/s1. The van der Waals surface area contributed by atoms with Gasteiger partial charge in [-0.3, -0.25) is 51.7 Å². The molecule has 0 aliphatic heterocycles. The van der Waals surface area contributed by atoms with E-state index in [2.05, 4.69) is 87.1 Å². The number of hydrogen-bond donors (Lipinski definition) is 7. The normalized spacial score (nSPS) is 14.3. The highest BCUT2D eigenvalue weighted by Crippen LogP contribution is 2.44. The number of carbonyl (C=O) groups is 7. The molecular formula is C82H154N4O19P2. The van der Waals surface area contributed by atoms with Gasteiger partial charge in [-0.05, 0) is 102 Å². The molecule has 0 radical (unpaired) electrons. The second-order valence-electron chi connectivity index (χ2n) is 29.2. The lowest BCUT2D eigenvalue weighted by atomic mass is 9.91. The minimum absolute atomic E-state index is 0.103. The van der Waals surface area contributed by atoms with Gasteiger partial charge in [-0.15, -0.1) is 0 Å². The molecule has 4 amide bonds. The van der Waals surface area contributed by atoms with Crippen LogP contribution in [0.4, 0.5) is 0 Å². The summed E-state index contributed by atoms with van der Waals surface area (Å²) in [5.74, 6) is -2.90. The van der Waals surface area contributed by atoms with Gasteiger partial charge in [0, 0.05) is 52.0 Å². The van der Waals surface area contributed by atoms with Gasteiger partial charge in [0.2, 0.25) is 23.6 Å². The molecule has 0 saturated heterocycles. The molecule has 0 aromatic heterocycles. The number of Topliss-reactive ketones (excluding diaryl/α,β-unsaturated/α-hetero) is 2. The van der Waals surface area contributed by atoms with Gasteiger partial charge >= 0.3 is 21.6 Å². The van der Waals surface area contributed by atoms with Gasteiger partial charge in [-0.25, -0.2) is 9.13 Å². The van der Waals surface area contributed by atoms with E-state index in [1.807, 2.05) is 0 Å². The number of rotatable bonds is 81. The zero-order valence-electron chi connectivity index (χ0n) is 67.9. The Morgan fingerprint density at radius 3 is 1.24 bits per heavy atom. The molecule has 25 heteroatoms. The smallest absolute Gasteiger partial charge is 0.462 e. The van der Waals surface area contributed by atoms with E-state index in [9.17, 15) is 57.6 Å². The quantitative estimate of drug-likeness (QED) is 0.00978. The van der Waals surface area contributed by atoms with Crippen molar-refractivity contribution >= 4 is 56.8 Å². The average Bonchev–Trinajstić information content (AvgIpc) is 0.920. The molecule has 7 N–H and O–H groups in total. The summed E-state index contributed by atoms with van der Waals surface area (Å²) in [5, 5.41) is 21.0. The van der Waals surface area contributed by atoms with Crippen molar-refractivity contribution in [1.29, 1.82) is 0 Å². The van der Waals surface area contributed by atoms with E-state index in [-0.39, 0.29) is 88.7 Å². The molecular weight excluding hydrogens is 1410 g/mol. The maximum Gasteiger partial charge on any atom is 0.472 e. The molecule has 23 nitrogen and oxygen atoms in total. The summed E-state index contributed by atoms with van der Waals surface area (Å²) in [7, 11) is -9.61. The van der Waals surface area contributed by atoms with Crippen molar-refractivity contribution in [2.75, 3.05) is 65.9 Å². The van der Waals surface area contributed by atoms with Crippen LogP contribution in [0.3, 0.4) is 0 Å². The van der Waals surface area contributed by atoms with Crippen LogP contribution in [0.5, 0.6) is 0 Å². The van der Waals surface area contributed by atoms with Gasteiger partial charge in [-0.1, -0.05) is 246 Å². The lowest BCUT2D eigenvalue weighted by Crippen LogP contribution is -2.43. The van der Waals surface area contributed by atoms with Crippen LogP contribution >= 0.6 is 15.6 Å². The summed E-state index contributed by atoms with van der Waals surface area (Å²) in [5.41, 5.74) is 0. The molecule has 0 rings (SSSR count). The summed E-state index contributed by atoms with van der Waals surface area (Å²) < 4.78 is 64.9. The first-order chi connectivity index (χ1) is 51.7. The minimum atomic E-state index is -4.81.